The van der Waals surface area contributed by atoms with E-state index in [1.807, 2.05) is 25.8 Å². The lowest BCUT2D eigenvalue weighted by atomic mass is 9.96. The molecule has 2 N–H and O–H groups in total. The quantitative estimate of drug-likeness (QED) is 0.525. The molecule has 0 bridgehead atoms. The number of aliphatic imine (C=N–C) groups is 1. The number of hydrogen-bond acceptors (Lipinski definition) is 1. The highest BCUT2D eigenvalue weighted by Crippen LogP contribution is 2.13. The first-order valence-electron chi connectivity index (χ1n) is 4.77. The van der Waals surface area contributed by atoms with E-state index in [1.165, 1.54) is 0 Å². The average Bonchev–Trinajstić information content (AvgIpc) is 1.81. The van der Waals surface area contributed by atoms with Gasteiger partial charge in [0.25, 0.3) is 0 Å². The molecule has 0 rings (SSSR count). The molecule has 0 aromatic rings. The van der Waals surface area contributed by atoms with E-state index in [9.17, 15) is 0 Å². The number of guanidine groups is 1. The zero-order valence-corrected chi connectivity index (χ0v) is 9.76. The molecular weight excluding hydrogens is 162 g/mol. The minimum absolute atomic E-state index is 0.256. The van der Waals surface area contributed by atoms with Gasteiger partial charge in [-0.1, -0.05) is 20.8 Å². The number of nitrogens with zero attached hydrogens (tertiary/aromatic N) is 2. The van der Waals surface area contributed by atoms with Crippen LogP contribution in [0.2, 0.25) is 0 Å². The van der Waals surface area contributed by atoms with Gasteiger partial charge in [-0.15, -0.1) is 0 Å². The molecule has 0 saturated carbocycles. The Bertz CT molecular complexity index is 177. The van der Waals surface area contributed by atoms with Crippen LogP contribution >= 0.6 is 0 Å². The van der Waals surface area contributed by atoms with Crippen LogP contribution in [0.3, 0.4) is 0 Å². The van der Waals surface area contributed by atoms with Crippen molar-refractivity contribution >= 4 is 5.96 Å². The molecule has 0 atom stereocenters. The Morgan fingerprint density at radius 2 is 1.85 bits per heavy atom. The molecule has 0 saturated heterocycles. The largest absolute Gasteiger partial charge is 0.370 e. The molecule has 0 aliphatic carbocycles. The van der Waals surface area contributed by atoms with Crippen molar-refractivity contribution < 1.29 is 0 Å². The fourth-order valence-electron chi connectivity index (χ4n) is 1.16. The van der Waals surface area contributed by atoms with Crippen molar-refractivity contribution in [2.24, 2.45) is 16.1 Å². The topological polar surface area (TPSA) is 41.6 Å². The molecule has 0 aliphatic heterocycles. The van der Waals surface area contributed by atoms with Crippen molar-refractivity contribution in [1.82, 2.24) is 4.90 Å². The van der Waals surface area contributed by atoms with Crippen LogP contribution in [0.25, 0.3) is 0 Å². The molecule has 0 fully saturated rings. The van der Waals surface area contributed by atoms with Crippen LogP contribution in [-0.4, -0.2) is 30.5 Å². The van der Waals surface area contributed by atoms with E-state index >= 15 is 0 Å². The van der Waals surface area contributed by atoms with Gasteiger partial charge in [0, 0.05) is 19.6 Å². The first-order chi connectivity index (χ1) is 5.72. The zero-order valence-electron chi connectivity index (χ0n) is 9.76. The molecule has 0 aliphatic rings. The van der Waals surface area contributed by atoms with Crippen molar-refractivity contribution in [2.75, 3.05) is 13.6 Å². The number of hydrogen-bond donors (Lipinski definition) is 1. The summed E-state index contributed by atoms with van der Waals surface area (Å²) in [6, 6.07) is 0.266. The highest BCUT2D eigenvalue weighted by atomic mass is 15.2. The molecule has 3 heteroatoms. The zero-order chi connectivity index (χ0) is 10.6. The van der Waals surface area contributed by atoms with E-state index in [0.717, 1.165) is 6.54 Å². The number of nitrogens with two attached hydrogens (primary N) is 1. The van der Waals surface area contributed by atoms with E-state index in [4.69, 9.17) is 5.73 Å². The molecule has 3 nitrogen and oxygen atoms in total. The van der Waals surface area contributed by atoms with Crippen LogP contribution in [0.1, 0.15) is 34.6 Å². The van der Waals surface area contributed by atoms with Crippen LogP contribution in [0.4, 0.5) is 0 Å². The molecule has 0 aromatic heterocycles. The van der Waals surface area contributed by atoms with Gasteiger partial charge < -0.3 is 10.6 Å². The van der Waals surface area contributed by atoms with E-state index in [1.54, 1.807) is 0 Å². The highest BCUT2D eigenvalue weighted by Gasteiger charge is 2.14. The Labute approximate surface area is 82.0 Å². The Balaban J connectivity index is 4.19. The Hall–Kier alpha value is -0.730. The third kappa shape index (κ3) is 6.43. The standard InChI is InChI=1S/C10H23N3/c1-8(2)12-9(11)13(6)7-10(3,4)5/h8H,7H2,1-6H3,(H2,11,12). The van der Waals surface area contributed by atoms with E-state index < -0.39 is 0 Å². The first-order valence-corrected chi connectivity index (χ1v) is 4.77. The lowest BCUT2D eigenvalue weighted by molar-refractivity contribution is 0.303. The molecule has 0 unspecified atom stereocenters. The van der Waals surface area contributed by atoms with Gasteiger partial charge in [0.15, 0.2) is 5.96 Å². The van der Waals surface area contributed by atoms with Gasteiger partial charge in [-0.05, 0) is 19.3 Å². The normalized spacial score (nSPS) is 13.6. The molecule has 78 valence electrons. The fourth-order valence-corrected chi connectivity index (χ4v) is 1.16. The molecule has 0 aromatic carbocycles. The molecule has 0 radical (unpaired) electrons. The summed E-state index contributed by atoms with van der Waals surface area (Å²) in [6.45, 7) is 11.5. The van der Waals surface area contributed by atoms with Gasteiger partial charge in [0.2, 0.25) is 0 Å². The second-order valence-electron chi connectivity index (χ2n) is 5.00. The van der Waals surface area contributed by atoms with Crippen molar-refractivity contribution in [1.29, 1.82) is 0 Å². The second kappa shape index (κ2) is 4.49. The highest BCUT2D eigenvalue weighted by molar-refractivity contribution is 5.77. The van der Waals surface area contributed by atoms with Crippen LogP contribution in [0.5, 0.6) is 0 Å². The lowest BCUT2D eigenvalue weighted by Crippen LogP contribution is -2.39. The Morgan fingerprint density at radius 3 is 2.15 bits per heavy atom. The van der Waals surface area contributed by atoms with Gasteiger partial charge in [-0.3, -0.25) is 4.99 Å². The minimum atomic E-state index is 0.256. The van der Waals surface area contributed by atoms with Crippen molar-refractivity contribution in [3.05, 3.63) is 0 Å². The lowest BCUT2D eigenvalue weighted by Gasteiger charge is -2.27. The van der Waals surface area contributed by atoms with E-state index in [-0.39, 0.29) is 11.5 Å². The van der Waals surface area contributed by atoms with Crippen molar-refractivity contribution in [3.8, 4) is 0 Å². The maximum absolute atomic E-state index is 5.80. The Kier molecular flexibility index (Phi) is 4.24. The third-order valence-electron chi connectivity index (χ3n) is 1.49. The minimum Gasteiger partial charge on any atom is -0.370 e. The maximum atomic E-state index is 5.80. The van der Waals surface area contributed by atoms with Crippen LogP contribution in [0, 0.1) is 5.41 Å². The predicted molar refractivity (Wildman–Crippen MR) is 58.8 cm³/mol. The first kappa shape index (κ1) is 12.3. The van der Waals surface area contributed by atoms with Gasteiger partial charge in [-0.25, -0.2) is 0 Å². The van der Waals surface area contributed by atoms with E-state index in [2.05, 4.69) is 25.8 Å². The molecule has 13 heavy (non-hydrogen) atoms. The summed E-state index contributed by atoms with van der Waals surface area (Å²) in [7, 11) is 1.98. The maximum Gasteiger partial charge on any atom is 0.191 e. The SMILES string of the molecule is CC(C)N=C(N)N(C)CC(C)(C)C. The fraction of sp³-hybridized carbons (Fsp3) is 0.900. The van der Waals surface area contributed by atoms with Crippen molar-refractivity contribution in [2.45, 2.75) is 40.7 Å². The molecule has 0 spiro atoms. The van der Waals surface area contributed by atoms with Gasteiger partial charge >= 0.3 is 0 Å². The smallest absolute Gasteiger partial charge is 0.191 e. The number of rotatable bonds is 2. The van der Waals surface area contributed by atoms with Crippen LogP contribution < -0.4 is 5.73 Å². The Morgan fingerprint density at radius 1 is 1.38 bits per heavy atom. The third-order valence-corrected chi connectivity index (χ3v) is 1.49. The summed E-state index contributed by atoms with van der Waals surface area (Å²) in [5, 5.41) is 0. The summed E-state index contributed by atoms with van der Waals surface area (Å²) in [5.41, 5.74) is 6.06. The molecular formula is C10H23N3. The van der Waals surface area contributed by atoms with Gasteiger partial charge in [-0.2, -0.15) is 0 Å². The second-order valence-corrected chi connectivity index (χ2v) is 5.00. The monoisotopic (exact) mass is 185 g/mol. The van der Waals surface area contributed by atoms with Crippen LogP contribution in [0.15, 0.2) is 4.99 Å². The average molecular weight is 185 g/mol. The molecule has 0 heterocycles. The van der Waals surface area contributed by atoms with Gasteiger partial charge in [0.1, 0.15) is 0 Å². The van der Waals surface area contributed by atoms with Crippen molar-refractivity contribution in [3.63, 3.8) is 0 Å². The van der Waals surface area contributed by atoms with Gasteiger partial charge in [0.05, 0.1) is 0 Å². The predicted octanol–water partition coefficient (Wildman–Crippen LogP) is 1.69. The summed E-state index contributed by atoms with van der Waals surface area (Å²) in [5.74, 6) is 0.630. The van der Waals surface area contributed by atoms with E-state index in [0.29, 0.717) is 5.96 Å². The van der Waals surface area contributed by atoms with Crippen LogP contribution in [-0.2, 0) is 0 Å². The summed E-state index contributed by atoms with van der Waals surface area (Å²) in [6.07, 6.45) is 0. The summed E-state index contributed by atoms with van der Waals surface area (Å²) >= 11 is 0. The summed E-state index contributed by atoms with van der Waals surface area (Å²) in [4.78, 5) is 6.28. The summed E-state index contributed by atoms with van der Waals surface area (Å²) < 4.78 is 0. The molecule has 0 amide bonds.